The first kappa shape index (κ1) is 15.0. The Hall–Kier alpha value is -0.920. The normalized spacial score (nSPS) is 27.0. The number of rotatable bonds is 5. The molecule has 3 rings (SSSR count). The molecular formula is C14H23N3O3S. The van der Waals surface area contributed by atoms with E-state index >= 15 is 0 Å². The number of nitrogens with zero attached hydrogens (tertiary/aromatic N) is 3. The third kappa shape index (κ3) is 2.41. The molecule has 0 radical (unpaired) electrons. The van der Waals surface area contributed by atoms with Crippen LogP contribution >= 0.6 is 0 Å². The molecule has 0 saturated carbocycles. The van der Waals surface area contributed by atoms with E-state index in [9.17, 15) is 8.42 Å². The number of ether oxygens (including phenoxy) is 1. The van der Waals surface area contributed by atoms with Crippen LogP contribution in [0.15, 0.2) is 12.4 Å². The summed E-state index contributed by atoms with van der Waals surface area (Å²) in [5, 5.41) is 4.26. The van der Waals surface area contributed by atoms with E-state index in [-0.39, 0.29) is 5.92 Å². The Labute approximate surface area is 126 Å². The number of sulfone groups is 1. The minimum atomic E-state index is -2.99. The summed E-state index contributed by atoms with van der Waals surface area (Å²) in [7, 11) is -1.34. The van der Waals surface area contributed by atoms with Crippen LogP contribution in [0.1, 0.15) is 18.9 Å². The average Bonchev–Trinajstić information content (AvgIpc) is 2.95. The van der Waals surface area contributed by atoms with Crippen molar-refractivity contribution in [2.24, 2.45) is 5.92 Å². The van der Waals surface area contributed by atoms with Crippen LogP contribution in [0, 0.1) is 5.92 Å². The van der Waals surface area contributed by atoms with Gasteiger partial charge in [-0.05, 0) is 13.3 Å². The Kier molecular flexibility index (Phi) is 3.83. The molecule has 7 heteroatoms. The molecular weight excluding hydrogens is 290 g/mol. The predicted molar refractivity (Wildman–Crippen MR) is 79.7 cm³/mol. The number of hydrogen-bond donors (Lipinski definition) is 0. The first-order valence-electron chi connectivity index (χ1n) is 7.45. The van der Waals surface area contributed by atoms with Gasteiger partial charge in [0.05, 0.1) is 18.6 Å². The monoisotopic (exact) mass is 313 g/mol. The fraction of sp³-hybridized carbons (Fsp3) is 0.786. The molecule has 0 aromatic carbocycles. The van der Waals surface area contributed by atoms with E-state index in [1.807, 2.05) is 17.1 Å². The zero-order chi connectivity index (χ0) is 15.1. The van der Waals surface area contributed by atoms with Gasteiger partial charge in [0.1, 0.15) is 4.75 Å². The van der Waals surface area contributed by atoms with Gasteiger partial charge in [-0.2, -0.15) is 5.10 Å². The van der Waals surface area contributed by atoms with Gasteiger partial charge in [0, 0.05) is 51.0 Å². The second kappa shape index (κ2) is 5.37. The van der Waals surface area contributed by atoms with Gasteiger partial charge in [-0.3, -0.25) is 9.58 Å². The lowest BCUT2D eigenvalue weighted by Crippen LogP contribution is -2.67. The lowest BCUT2D eigenvalue weighted by Gasteiger charge is -2.49. The number of aromatic nitrogens is 2. The largest absolute Gasteiger partial charge is 0.384 e. The molecule has 2 saturated heterocycles. The summed E-state index contributed by atoms with van der Waals surface area (Å²) in [4.78, 5) is 2.20. The molecule has 3 heterocycles. The van der Waals surface area contributed by atoms with Gasteiger partial charge >= 0.3 is 0 Å². The van der Waals surface area contributed by atoms with Gasteiger partial charge in [-0.15, -0.1) is 0 Å². The van der Waals surface area contributed by atoms with Crippen molar-refractivity contribution in [2.75, 3.05) is 32.6 Å². The van der Waals surface area contributed by atoms with E-state index in [1.54, 1.807) is 7.11 Å². The molecule has 0 aliphatic carbocycles. The maximum Gasteiger partial charge on any atom is 0.158 e. The Bertz CT molecular complexity index is 605. The van der Waals surface area contributed by atoms with Crippen LogP contribution in [0.4, 0.5) is 0 Å². The highest BCUT2D eigenvalue weighted by atomic mass is 32.2. The molecule has 2 aliphatic rings. The molecule has 2 aliphatic heterocycles. The van der Waals surface area contributed by atoms with Crippen LogP contribution in [0.25, 0.3) is 0 Å². The SMILES string of the molecule is CCn1cc(CN2CC3(C2)[C@@H](COC)CCS3(=O)=O)cn1. The van der Waals surface area contributed by atoms with Gasteiger partial charge in [0.2, 0.25) is 0 Å². The summed E-state index contributed by atoms with van der Waals surface area (Å²) in [6.07, 6.45) is 4.63. The predicted octanol–water partition coefficient (Wildman–Crippen LogP) is 0.539. The Morgan fingerprint density at radius 2 is 2.24 bits per heavy atom. The zero-order valence-electron chi connectivity index (χ0n) is 12.7. The number of methoxy groups -OCH3 is 1. The van der Waals surface area contributed by atoms with Gasteiger partial charge < -0.3 is 4.74 Å². The third-order valence-electron chi connectivity index (χ3n) is 4.87. The van der Waals surface area contributed by atoms with Gasteiger partial charge in [-0.1, -0.05) is 0 Å². The topological polar surface area (TPSA) is 64.4 Å². The second-order valence-electron chi connectivity index (χ2n) is 6.17. The molecule has 2 fully saturated rings. The van der Waals surface area contributed by atoms with E-state index in [0.29, 0.717) is 25.4 Å². The Morgan fingerprint density at radius 1 is 1.48 bits per heavy atom. The van der Waals surface area contributed by atoms with E-state index in [1.165, 1.54) is 0 Å². The van der Waals surface area contributed by atoms with Crippen LogP contribution < -0.4 is 0 Å². The number of likely N-dealkylation sites (tertiary alicyclic amines) is 1. The van der Waals surface area contributed by atoms with Gasteiger partial charge in [0.25, 0.3) is 0 Å². The summed E-state index contributed by atoms with van der Waals surface area (Å²) in [6, 6.07) is 0. The van der Waals surface area contributed by atoms with Crippen LogP contribution in [0.3, 0.4) is 0 Å². The Morgan fingerprint density at radius 3 is 2.86 bits per heavy atom. The van der Waals surface area contributed by atoms with Crippen molar-refractivity contribution < 1.29 is 13.2 Å². The highest BCUT2D eigenvalue weighted by molar-refractivity contribution is 7.93. The molecule has 118 valence electrons. The maximum absolute atomic E-state index is 12.4. The molecule has 21 heavy (non-hydrogen) atoms. The average molecular weight is 313 g/mol. The van der Waals surface area contributed by atoms with E-state index in [0.717, 1.165) is 25.1 Å². The smallest absolute Gasteiger partial charge is 0.158 e. The molecule has 0 bridgehead atoms. The first-order chi connectivity index (χ1) is 10.0. The van der Waals surface area contributed by atoms with Crippen LogP contribution in [-0.4, -0.2) is 60.4 Å². The lowest BCUT2D eigenvalue weighted by atomic mass is 9.83. The van der Waals surface area contributed by atoms with Crippen LogP contribution in [0.2, 0.25) is 0 Å². The van der Waals surface area contributed by atoms with Crippen LogP contribution in [-0.2, 0) is 27.7 Å². The fourth-order valence-electron chi connectivity index (χ4n) is 3.65. The van der Waals surface area contributed by atoms with E-state index in [2.05, 4.69) is 16.9 Å². The molecule has 0 N–H and O–H groups in total. The van der Waals surface area contributed by atoms with Gasteiger partial charge in [-0.25, -0.2) is 8.42 Å². The highest BCUT2D eigenvalue weighted by Crippen LogP contribution is 2.45. The lowest BCUT2D eigenvalue weighted by molar-refractivity contribution is 0.0411. The molecule has 6 nitrogen and oxygen atoms in total. The summed E-state index contributed by atoms with van der Waals surface area (Å²) in [5.74, 6) is 0.449. The van der Waals surface area contributed by atoms with Crippen molar-refractivity contribution in [1.82, 2.24) is 14.7 Å². The minimum absolute atomic E-state index is 0.141. The molecule has 1 aromatic rings. The summed E-state index contributed by atoms with van der Waals surface area (Å²) < 4.78 is 31.4. The molecule has 1 spiro atoms. The highest BCUT2D eigenvalue weighted by Gasteiger charge is 2.61. The molecule has 1 atom stereocenters. The standard InChI is InChI=1S/C14H23N3O3S/c1-3-17-8-12(6-15-17)7-16-10-14(11-16)13(9-20-2)4-5-21(14,18)19/h6,8,13H,3-5,7,9-11H2,1-2H3/t13-/m1/s1. The van der Waals surface area contributed by atoms with Crippen molar-refractivity contribution in [3.05, 3.63) is 18.0 Å². The molecule has 0 unspecified atom stereocenters. The van der Waals surface area contributed by atoms with Crippen molar-refractivity contribution in [1.29, 1.82) is 0 Å². The zero-order valence-corrected chi connectivity index (χ0v) is 13.5. The van der Waals surface area contributed by atoms with Crippen molar-refractivity contribution in [3.8, 4) is 0 Å². The summed E-state index contributed by atoms with van der Waals surface area (Å²) >= 11 is 0. The molecule has 0 amide bonds. The van der Waals surface area contributed by atoms with E-state index in [4.69, 9.17) is 4.74 Å². The van der Waals surface area contributed by atoms with E-state index < -0.39 is 14.6 Å². The molecule has 1 aromatic heterocycles. The van der Waals surface area contributed by atoms with Crippen molar-refractivity contribution in [3.63, 3.8) is 0 Å². The van der Waals surface area contributed by atoms with Crippen molar-refractivity contribution in [2.45, 2.75) is 31.2 Å². The third-order valence-corrected chi connectivity index (χ3v) is 7.47. The summed E-state index contributed by atoms with van der Waals surface area (Å²) in [5.41, 5.74) is 1.14. The maximum atomic E-state index is 12.4. The van der Waals surface area contributed by atoms with Crippen LogP contribution in [0.5, 0.6) is 0 Å². The van der Waals surface area contributed by atoms with Gasteiger partial charge in [0.15, 0.2) is 9.84 Å². The minimum Gasteiger partial charge on any atom is -0.384 e. The summed E-state index contributed by atoms with van der Waals surface area (Å²) in [6.45, 7) is 5.48. The Balaban J connectivity index is 1.67. The number of hydrogen-bond acceptors (Lipinski definition) is 5. The first-order valence-corrected chi connectivity index (χ1v) is 9.11. The van der Waals surface area contributed by atoms with Crippen molar-refractivity contribution >= 4 is 9.84 Å². The fourth-order valence-corrected chi connectivity index (χ4v) is 6.10. The second-order valence-corrected chi connectivity index (χ2v) is 8.62. The quantitative estimate of drug-likeness (QED) is 0.794. The number of aryl methyl sites for hydroxylation is 1.